The average molecular weight is 355 g/mol. The molecule has 1 aromatic rings. The maximum absolute atomic E-state index is 11.9. The van der Waals surface area contributed by atoms with Gasteiger partial charge in [-0.1, -0.05) is 12.1 Å². The summed E-state index contributed by atoms with van der Waals surface area (Å²) in [5.41, 5.74) is -0.0362. The molecule has 1 heterocycles. The van der Waals surface area contributed by atoms with Gasteiger partial charge in [-0.2, -0.15) is 0 Å². The molecule has 1 aliphatic rings. The summed E-state index contributed by atoms with van der Waals surface area (Å²) in [4.78, 5) is 14.3. The number of carboxylic acid groups (broad SMARTS) is 1. The number of benzene rings is 1. The number of hydrogen-bond donors (Lipinski definition) is 2. The Kier molecular flexibility index (Phi) is 5.27. The number of nitrogens with zero attached hydrogens (tertiary/aromatic N) is 1. The minimum Gasteiger partial charge on any atom is -0.480 e. The lowest BCUT2D eigenvalue weighted by atomic mass is 9.90. The van der Waals surface area contributed by atoms with E-state index in [1.54, 1.807) is 0 Å². The Hall–Kier alpha value is -1.07. The van der Waals surface area contributed by atoms with E-state index in [1.165, 1.54) is 0 Å². The third-order valence-corrected chi connectivity index (χ3v) is 4.95. The first-order valence-corrected chi connectivity index (χ1v) is 8.24. The highest BCUT2D eigenvalue weighted by molar-refractivity contribution is 9.10. The second kappa shape index (κ2) is 6.79. The van der Waals surface area contributed by atoms with Crippen LogP contribution in [-0.2, 0) is 4.79 Å². The van der Waals surface area contributed by atoms with Crippen molar-refractivity contribution in [3.8, 4) is 0 Å². The summed E-state index contributed by atoms with van der Waals surface area (Å²) in [7, 11) is 0. The molecule has 1 aromatic carbocycles. The lowest BCUT2D eigenvalue weighted by molar-refractivity contribution is -0.142. The minimum absolute atomic E-state index is 0.457. The third-order valence-electron chi connectivity index (χ3n) is 4.26. The summed E-state index contributed by atoms with van der Waals surface area (Å²) >= 11 is 3.49. The predicted molar refractivity (Wildman–Crippen MR) is 88.7 cm³/mol. The summed E-state index contributed by atoms with van der Waals surface area (Å²) in [5.74, 6) is -0.760. The number of halogens is 1. The van der Waals surface area contributed by atoms with Gasteiger partial charge in [0.25, 0.3) is 0 Å². The van der Waals surface area contributed by atoms with E-state index >= 15 is 0 Å². The van der Waals surface area contributed by atoms with Crippen LogP contribution in [0, 0.1) is 0 Å². The molecule has 5 heteroatoms. The minimum atomic E-state index is -0.881. The van der Waals surface area contributed by atoms with Crippen LogP contribution in [0.3, 0.4) is 0 Å². The molecule has 21 heavy (non-hydrogen) atoms. The Morgan fingerprint density at radius 1 is 1.33 bits per heavy atom. The van der Waals surface area contributed by atoms with Crippen LogP contribution in [0.5, 0.6) is 0 Å². The van der Waals surface area contributed by atoms with Crippen molar-refractivity contribution >= 4 is 27.6 Å². The highest BCUT2D eigenvalue weighted by Gasteiger charge is 2.40. The van der Waals surface area contributed by atoms with Crippen molar-refractivity contribution in [3.63, 3.8) is 0 Å². The highest BCUT2D eigenvalue weighted by Crippen LogP contribution is 2.31. The first-order chi connectivity index (χ1) is 9.94. The van der Waals surface area contributed by atoms with Gasteiger partial charge >= 0.3 is 5.97 Å². The molecule has 116 valence electrons. The van der Waals surface area contributed by atoms with Crippen LogP contribution in [0.25, 0.3) is 0 Å². The van der Waals surface area contributed by atoms with Crippen molar-refractivity contribution in [3.05, 3.63) is 28.7 Å². The molecule has 0 bridgehead atoms. The van der Waals surface area contributed by atoms with Crippen molar-refractivity contribution in [2.45, 2.75) is 44.7 Å². The molecule has 2 rings (SSSR count). The predicted octanol–water partition coefficient (Wildman–Crippen LogP) is 3.58. The molecule has 0 spiro atoms. The molecule has 1 unspecified atom stereocenters. The van der Waals surface area contributed by atoms with E-state index in [2.05, 4.69) is 40.0 Å². The fourth-order valence-corrected chi connectivity index (χ4v) is 3.27. The molecule has 0 aliphatic carbocycles. The summed E-state index contributed by atoms with van der Waals surface area (Å²) in [6, 6.07) is 8.14. The zero-order valence-corrected chi connectivity index (χ0v) is 14.2. The van der Waals surface area contributed by atoms with E-state index in [4.69, 9.17) is 0 Å². The van der Waals surface area contributed by atoms with Crippen LogP contribution in [0.15, 0.2) is 28.7 Å². The number of likely N-dealkylation sites (tertiary alicyclic amines) is 1. The molecule has 2 N–H and O–H groups in total. The van der Waals surface area contributed by atoms with E-state index in [9.17, 15) is 9.90 Å². The Labute approximate surface area is 134 Å². The molecule has 1 atom stereocenters. The Morgan fingerprint density at radius 2 is 2.05 bits per heavy atom. The van der Waals surface area contributed by atoms with Gasteiger partial charge in [-0.15, -0.1) is 0 Å². The molecule has 0 saturated carbocycles. The van der Waals surface area contributed by atoms with Crippen LogP contribution in [0.1, 0.15) is 33.1 Å². The van der Waals surface area contributed by atoms with E-state index in [1.807, 2.05) is 24.3 Å². The second-order valence-corrected chi connectivity index (χ2v) is 6.83. The molecule has 1 fully saturated rings. The summed E-state index contributed by atoms with van der Waals surface area (Å²) < 4.78 is 0.899. The quantitative estimate of drug-likeness (QED) is 0.867. The fourth-order valence-electron chi connectivity index (χ4n) is 2.88. The molecule has 0 aromatic heterocycles. The number of rotatable bonds is 4. The second-order valence-electron chi connectivity index (χ2n) is 5.98. The molecule has 1 saturated heterocycles. The number of aliphatic carboxylic acids is 1. The molecule has 1 aliphatic heterocycles. The van der Waals surface area contributed by atoms with Crippen LogP contribution >= 0.6 is 15.9 Å². The Balaban J connectivity index is 2.21. The smallest absolute Gasteiger partial charge is 0.329 e. The zero-order chi connectivity index (χ0) is 15.5. The van der Waals surface area contributed by atoms with Crippen LogP contribution in [0.2, 0.25) is 0 Å². The van der Waals surface area contributed by atoms with Crippen LogP contribution in [-0.4, -0.2) is 40.6 Å². The van der Waals surface area contributed by atoms with E-state index in [-0.39, 0.29) is 0 Å². The SMILES string of the molecule is CC(C)N1CCCC(Nc2ccccc2Br)(C(=O)O)CC1. The van der Waals surface area contributed by atoms with Gasteiger partial charge in [-0.25, -0.2) is 4.79 Å². The van der Waals surface area contributed by atoms with Crippen molar-refractivity contribution in [2.24, 2.45) is 0 Å². The standard InChI is InChI=1S/C16H23BrN2O2/c1-12(2)19-10-5-8-16(9-11-19,15(20)21)18-14-7-4-3-6-13(14)17/h3-4,6-7,12,18H,5,8-11H2,1-2H3,(H,20,21). The van der Waals surface area contributed by atoms with Gasteiger partial charge in [0.2, 0.25) is 0 Å². The highest BCUT2D eigenvalue weighted by atomic mass is 79.9. The van der Waals surface area contributed by atoms with Crippen molar-refractivity contribution < 1.29 is 9.90 Å². The maximum atomic E-state index is 11.9. The summed E-state index contributed by atoms with van der Waals surface area (Å²) in [5, 5.41) is 13.1. The van der Waals surface area contributed by atoms with E-state index in [0.717, 1.165) is 29.7 Å². The van der Waals surface area contributed by atoms with Crippen LogP contribution in [0.4, 0.5) is 5.69 Å². The fraction of sp³-hybridized carbons (Fsp3) is 0.562. The number of hydrogen-bond acceptors (Lipinski definition) is 3. The number of anilines is 1. The monoisotopic (exact) mass is 354 g/mol. The number of para-hydroxylation sites is 1. The lowest BCUT2D eigenvalue weighted by Gasteiger charge is -2.31. The molecule has 0 radical (unpaired) electrons. The number of carboxylic acids is 1. The number of carbonyl (C=O) groups is 1. The van der Waals surface area contributed by atoms with Gasteiger partial charge in [-0.05, 0) is 67.7 Å². The molecular weight excluding hydrogens is 332 g/mol. The topological polar surface area (TPSA) is 52.6 Å². The Morgan fingerprint density at radius 3 is 2.67 bits per heavy atom. The van der Waals surface area contributed by atoms with E-state index in [0.29, 0.717) is 18.9 Å². The van der Waals surface area contributed by atoms with Gasteiger partial charge in [0.05, 0.1) is 0 Å². The summed E-state index contributed by atoms with van der Waals surface area (Å²) in [6.07, 6.45) is 2.15. The first kappa shape index (κ1) is 16.3. The van der Waals surface area contributed by atoms with E-state index < -0.39 is 11.5 Å². The normalized spacial score (nSPS) is 23.8. The molecule has 0 amide bonds. The summed E-state index contributed by atoms with van der Waals surface area (Å²) in [6.45, 7) is 6.09. The van der Waals surface area contributed by atoms with Gasteiger partial charge in [0, 0.05) is 22.7 Å². The van der Waals surface area contributed by atoms with Crippen molar-refractivity contribution in [2.75, 3.05) is 18.4 Å². The van der Waals surface area contributed by atoms with Gasteiger partial charge in [-0.3, -0.25) is 0 Å². The van der Waals surface area contributed by atoms with Crippen molar-refractivity contribution in [1.29, 1.82) is 0 Å². The van der Waals surface area contributed by atoms with Crippen molar-refractivity contribution in [1.82, 2.24) is 4.90 Å². The molecular formula is C16H23BrN2O2. The van der Waals surface area contributed by atoms with Gasteiger partial charge in [0.1, 0.15) is 5.54 Å². The van der Waals surface area contributed by atoms with Gasteiger partial charge < -0.3 is 15.3 Å². The zero-order valence-electron chi connectivity index (χ0n) is 12.6. The maximum Gasteiger partial charge on any atom is 0.329 e. The molecule has 4 nitrogen and oxygen atoms in total. The Bertz CT molecular complexity index is 507. The first-order valence-electron chi connectivity index (χ1n) is 7.45. The largest absolute Gasteiger partial charge is 0.480 e. The average Bonchev–Trinajstić information content (AvgIpc) is 2.65. The van der Waals surface area contributed by atoms with Crippen LogP contribution < -0.4 is 5.32 Å². The third kappa shape index (κ3) is 3.77. The lowest BCUT2D eigenvalue weighted by Crippen LogP contribution is -2.47. The van der Waals surface area contributed by atoms with Gasteiger partial charge in [0.15, 0.2) is 0 Å². The number of nitrogens with one attached hydrogen (secondary N) is 1.